The molecule has 0 bridgehead atoms. The molecular formula is C52H68N10O11S. The lowest BCUT2D eigenvalue weighted by atomic mass is 9.84. The molecule has 4 aromatic carbocycles. The van der Waals surface area contributed by atoms with Crippen LogP contribution in [0.15, 0.2) is 100 Å². The van der Waals surface area contributed by atoms with Crippen LogP contribution < -0.4 is 36.8 Å². The minimum Gasteiger partial charge on any atom is -0.480 e. The molecule has 1 saturated carbocycles. The number of urea groups is 1. The van der Waals surface area contributed by atoms with Crippen molar-refractivity contribution in [1.82, 2.24) is 31.5 Å². The first-order valence-electron chi connectivity index (χ1n) is 25.1. The lowest BCUT2D eigenvalue weighted by Gasteiger charge is -2.32. The minimum atomic E-state index is -4.48. The molecular weight excluding hydrogens is 973 g/mol. The van der Waals surface area contributed by atoms with E-state index in [4.69, 9.17) is 4.74 Å². The normalized spacial score (nSPS) is 15.4. The minimum absolute atomic E-state index is 0.00357. The van der Waals surface area contributed by atoms with E-state index in [0.29, 0.717) is 79.0 Å². The topological polar surface area (TPSA) is 290 Å². The number of ether oxygens (including phenoxy) is 1. The molecule has 2 aliphatic rings. The number of unbranched alkanes of at least 4 members (excludes halogenated alkanes) is 1. The smallest absolute Gasteiger partial charge is 0.326 e. The Labute approximate surface area is 431 Å². The van der Waals surface area contributed by atoms with Crippen molar-refractivity contribution < 1.29 is 51.6 Å². The number of azo groups is 1. The van der Waals surface area contributed by atoms with Gasteiger partial charge >= 0.3 is 12.0 Å². The van der Waals surface area contributed by atoms with Crippen molar-refractivity contribution in [3.63, 3.8) is 0 Å². The van der Waals surface area contributed by atoms with Gasteiger partial charge in [-0.25, -0.2) is 9.59 Å². The van der Waals surface area contributed by atoms with E-state index in [1.165, 1.54) is 12.1 Å². The van der Waals surface area contributed by atoms with Gasteiger partial charge in [0.2, 0.25) is 17.7 Å². The number of nitrogens with zero attached hydrogens (tertiary/aromatic N) is 4. The lowest BCUT2D eigenvalue weighted by Crippen LogP contribution is -2.58. The summed E-state index contributed by atoms with van der Waals surface area (Å²) in [5.41, 5.74) is 3.23. The van der Waals surface area contributed by atoms with Crippen LogP contribution in [0.5, 0.6) is 0 Å². The maximum Gasteiger partial charge on any atom is 0.326 e. The largest absolute Gasteiger partial charge is 0.480 e. The summed E-state index contributed by atoms with van der Waals surface area (Å²) in [6.45, 7) is 1.94. The fourth-order valence-corrected chi connectivity index (χ4v) is 9.58. The molecule has 4 aromatic rings. The standard InChI is InChI=1S/C52H68N10O11S/c1-61(2)39-23-21-38(22-24-39)60-59-37-19-17-36(18-20-37)48(64)55-27-7-6-14-44(51(67)68)57-49(65)43(56-50(66)45(34-35-10-4-3-5-11-35)58-52(69)62-30-32-73-33-31-62)25-26-47(63)54-29-28-53-42-15-8-13-41-40(42)12-9-16-46(41)74(70,71)72/h8-9,12-13,15-24,35,43-45,53H,3-7,10-11,14,25-34H2,1-2H3,(H,54,63)(H,55,64)(H,56,66)(H,57,65)(H,58,69)(H,67,68)(H,70,71,72)/b60-59+/t43-,44-,45-/m0/s1. The third-order valence-electron chi connectivity index (χ3n) is 13.0. The van der Waals surface area contributed by atoms with E-state index in [0.717, 1.165) is 37.8 Å². The van der Waals surface area contributed by atoms with Gasteiger partial charge in [-0.1, -0.05) is 56.4 Å². The molecule has 1 aliphatic heterocycles. The Bertz CT molecular complexity index is 2690. The Kier molecular flexibility index (Phi) is 21.1. The van der Waals surface area contributed by atoms with Crippen LogP contribution in [0.4, 0.5) is 27.5 Å². The van der Waals surface area contributed by atoms with E-state index in [2.05, 4.69) is 42.1 Å². The number of fused-ring (bicyclic) bond motifs is 1. The summed E-state index contributed by atoms with van der Waals surface area (Å²) >= 11 is 0. The number of carboxylic acids is 1. The van der Waals surface area contributed by atoms with Crippen molar-refractivity contribution in [2.24, 2.45) is 16.1 Å². The number of nitrogens with one attached hydrogen (secondary N) is 6. The number of carbonyl (C=O) groups is 6. The van der Waals surface area contributed by atoms with Crippen molar-refractivity contribution in [2.45, 2.75) is 93.7 Å². The molecule has 1 heterocycles. The average Bonchev–Trinajstić information content (AvgIpc) is 3.39. The van der Waals surface area contributed by atoms with Gasteiger partial charge in [-0.05, 0) is 98.7 Å². The number of morpholine rings is 1. The van der Waals surface area contributed by atoms with Gasteiger partial charge in [0.25, 0.3) is 16.0 Å². The molecule has 74 heavy (non-hydrogen) atoms. The zero-order valence-corrected chi connectivity index (χ0v) is 42.7. The molecule has 0 aromatic heterocycles. The summed E-state index contributed by atoms with van der Waals surface area (Å²) in [5, 5.41) is 36.5. The number of anilines is 2. The summed E-state index contributed by atoms with van der Waals surface area (Å²) in [5.74, 6) is -3.42. The predicted octanol–water partition coefficient (Wildman–Crippen LogP) is 5.91. The van der Waals surface area contributed by atoms with Gasteiger partial charge in [-0.2, -0.15) is 18.6 Å². The van der Waals surface area contributed by atoms with Gasteiger partial charge in [0.05, 0.1) is 24.6 Å². The first-order valence-corrected chi connectivity index (χ1v) is 26.5. The van der Waals surface area contributed by atoms with E-state index >= 15 is 0 Å². The van der Waals surface area contributed by atoms with Crippen LogP contribution in [0.3, 0.4) is 0 Å². The van der Waals surface area contributed by atoms with Gasteiger partial charge in [-0.15, -0.1) is 0 Å². The zero-order chi connectivity index (χ0) is 53.0. The molecule has 6 amide bonds. The van der Waals surface area contributed by atoms with Crippen molar-refractivity contribution in [3.8, 4) is 0 Å². The van der Waals surface area contributed by atoms with Gasteiger partial charge in [0.1, 0.15) is 23.0 Å². The lowest BCUT2D eigenvalue weighted by molar-refractivity contribution is -0.142. The van der Waals surface area contributed by atoms with E-state index < -0.39 is 58.0 Å². The van der Waals surface area contributed by atoms with Crippen molar-refractivity contribution in [2.75, 3.05) is 70.2 Å². The van der Waals surface area contributed by atoms with Crippen LogP contribution in [0.25, 0.3) is 10.8 Å². The molecule has 6 rings (SSSR count). The number of hydrogen-bond donors (Lipinski definition) is 8. The molecule has 1 saturated heterocycles. The highest BCUT2D eigenvalue weighted by Crippen LogP contribution is 2.30. The molecule has 0 unspecified atom stereocenters. The molecule has 8 N–H and O–H groups in total. The van der Waals surface area contributed by atoms with Crippen LogP contribution in [0.2, 0.25) is 0 Å². The Morgan fingerprint density at radius 1 is 0.716 bits per heavy atom. The number of rotatable bonds is 25. The highest BCUT2D eigenvalue weighted by Gasteiger charge is 2.33. The summed E-state index contributed by atoms with van der Waals surface area (Å²) in [7, 11) is -0.584. The molecule has 398 valence electrons. The Hall–Kier alpha value is -7.17. The summed E-state index contributed by atoms with van der Waals surface area (Å²) in [4.78, 5) is 83.6. The number of benzene rings is 4. The molecule has 21 nitrogen and oxygen atoms in total. The zero-order valence-electron chi connectivity index (χ0n) is 41.9. The molecule has 1 aliphatic carbocycles. The van der Waals surface area contributed by atoms with E-state index in [9.17, 15) is 46.8 Å². The van der Waals surface area contributed by atoms with Gasteiger partial charge in [-0.3, -0.25) is 23.7 Å². The van der Waals surface area contributed by atoms with Gasteiger partial charge in [0, 0.05) is 81.0 Å². The average molecular weight is 1040 g/mol. The number of carboxylic acid groups (broad SMARTS) is 1. The predicted molar refractivity (Wildman–Crippen MR) is 279 cm³/mol. The van der Waals surface area contributed by atoms with Crippen LogP contribution in [-0.4, -0.2) is 137 Å². The van der Waals surface area contributed by atoms with Crippen molar-refractivity contribution in [1.29, 1.82) is 0 Å². The quantitative estimate of drug-likeness (QED) is 0.0218. The SMILES string of the molecule is CN(C)c1ccc(/N=N/c2ccc(C(=O)NCCCC[C@H](NC(=O)[C@H](CCC(=O)NCCNc3cccc4c(S(=O)(=O)O)cccc34)NC(=O)[C@H](CC3CCCCC3)NC(=O)N3CCOCC3)C(=O)O)cc2)cc1. The van der Waals surface area contributed by atoms with Crippen LogP contribution in [-0.2, 0) is 34.0 Å². The van der Waals surface area contributed by atoms with Crippen LogP contribution >= 0.6 is 0 Å². The second-order valence-electron chi connectivity index (χ2n) is 18.7. The van der Waals surface area contributed by atoms with Crippen molar-refractivity contribution in [3.05, 3.63) is 90.5 Å². The highest BCUT2D eigenvalue weighted by atomic mass is 32.2. The Balaban J connectivity index is 1.04. The van der Waals surface area contributed by atoms with E-state index in [-0.39, 0.29) is 55.6 Å². The first-order chi connectivity index (χ1) is 35.5. The number of amides is 6. The summed E-state index contributed by atoms with van der Waals surface area (Å²) in [6, 6.07) is 19.4. The van der Waals surface area contributed by atoms with Gasteiger partial charge < -0.3 is 51.5 Å². The Morgan fingerprint density at radius 2 is 1.35 bits per heavy atom. The van der Waals surface area contributed by atoms with E-state index in [1.807, 2.05) is 43.3 Å². The third-order valence-corrected chi connectivity index (χ3v) is 13.9. The number of hydrogen-bond acceptors (Lipinski definition) is 13. The van der Waals surface area contributed by atoms with Crippen LogP contribution in [0.1, 0.15) is 81.0 Å². The fourth-order valence-electron chi connectivity index (χ4n) is 8.88. The molecule has 2 fully saturated rings. The number of carbonyl (C=O) groups excluding carboxylic acids is 5. The second kappa shape index (κ2) is 27.8. The summed E-state index contributed by atoms with van der Waals surface area (Å²) < 4.78 is 39.0. The molecule has 0 radical (unpaired) electrons. The first kappa shape index (κ1) is 56.1. The monoisotopic (exact) mass is 1040 g/mol. The van der Waals surface area contributed by atoms with Crippen LogP contribution in [0, 0.1) is 5.92 Å². The Morgan fingerprint density at radius 3 is 2.01 bits per heavy atom. The summed E-state index contributed by atoms with van der Waals surface area (Å²) in [6.07, 6.45) is 5.37. The fraction of sp³-hybridized carbons (Fsp3) is 0.462. The maximum atomic E-state index is 14.2. The highest BCUT2D eigenvalue weighted by molar-refractivity contribution is 7.86. The molecule has 22 heteroatoms. The maximum absolute atomic E-state index is 14.2. The molecule has 3 atom stereocenters. The molecule has 0 spiro atoms. The number of aliphatic carboxylic acids is 1. The third kappa shape index (κ3) is 17.2. The van der Waals surface area contributed by atoms with Crippen molar-refractivity contribution >= 4 is 79.3 Å². The van der Waals surface area contributed by atoms with Gasteiger partial charge in [0.15, 0.2) is 0 Å². The van der Waals surface area contributed by atoms with E-state index in [1.54, 1.807) is 53.4 Å². The second-order valence-corrected chi connectivity index (χ2v) is 20.0.